The van der Waals surface area contributed by atoms with Crippen LogP contribution in [0.25, 0.3) is 0 Å². The third-order valence-corrected chi connectivity index (χ3v) is 4.09. The van der Waals surface area contributed by atoms with Crippen molar-refractivity contribution in [3.05, 3.63) is 29.0 Å². The molecule has 0 saturated carbocycles. The lowest BCUT2D eigenvalue weighted by Crippen LogP contribution is -2.34. The molecule has 1 atom stereocenters. The first-order chi connectivity index (χ1) is 8.27. The minimum Gasteiger partial charge on any atom is -0.274 e. The second-order valence-electron chi connectivity index (χ2n) is 3.85. The van der Waals surface area contributed by atoms with Crippen LogP contribution in [0.4, 0.5) is 4.39 Å². The highest BCUT2D eigenvalue weighted by atomic mass is 35.5. The summed E-state index contributed by atoms with van der Waals surface area (Å²) in [6, 6.07) is 3.14. The second-order valence-corrected chi connectivity index (χ2v) is 5.94. The lowest BCUT2D eigenvalue weighted by molar-refractivity contribution is -0.122. The summed E-state index contributed by atoms with van der Waals surface area (Å²) in [5.41, 5.74) is 0. The highest BCUT2D eigenvalue weighted by Crippen LogP contribution is 2.19. The van der Waals surface area contributed by atoms with E-state index < -0.39 is 32.6 Å². The smallest absolute Gasteiger partial charge is 0.266 e. The molecule has 0 radical (unpaired) electrons. The number of halogens is 2. The van der Waals surface area contributed by atoms with Gasteiger partial charge in [-0.3, -0.25) is 4.79 Å². The van der Waals surface area contributed by atoms with Crippen LogP contribution in [-0.2, 0) is 14.8 Å². The molecule has 0 fully saturated rings. The van der Waals surface area contributed by atoms with Gasteiger partial charge in [0.2, 0.25) is 5.91 Å². The molecule has 0 heterocycles. The van der Waals surface area contributed by atoms with Crippen molar-refractivity contribution in [2.24, 2.45) is 5.92 Å². The maximum absolute atomic E-state index is 13.5. The second kappa shape index (κ2) is 5.67. The van der Waals surface area contributed by atoms with Gasteiger partial charge in [0.05, 0.1) is 0 Å². The third kappa shape index (κ3) is 3.43. The number of carbonyl (C=O) groups excluding carboxylic acids is 1. The molecule has 100 valence electrons. The molecule has 1 rings (SSSR count). The number of carbonyl (C=O) groups is 1. The summed E-state index contributed by atoms with van der Waals surface area (Å²) in [6.45, 7) is 3.34. The van der Waals surface area contributed by atoms with Gasteiger partial charge in [-0.15, -0.1) is 0 Å². The Labute approximate surface area is 110 Å². The number of hydrogen-bond acceptors (Lipinski definition) is 3. The molecule has 18 heavy (non-hydrogen) atoms. The lowest BCUT2D eigenvalue weighted by Gasteiger charge is -2.11. The van der Waals surface area contributed by atoms with Gasteiger partial charge in [-0.1, -0.05) is 25.4 Å². The van der Waals surface area contributed by atoms with Crippen LogP contribution in [0.3, 0.4) is 0 Å². The van der Waals surface area contributed by atoms with Crippen molar-refractivity contribution in [2.75, 3.05) is 0 Å². The highest BCUT2D eigenvalue weighted by Gasteiger charge is 2.23. The summed E-state index contributed by atoms with van der Waals surface area (Å²) in [5.74, 6) is -2.12. The van der Waals surface area contributed by atoms with Crippen molar-refractivity contribution < 1.29 is 17.6 Å². The molecule has 1 amide bonds. The van der Waals surface area contributed by atoms with Gasteiger partial charge in [-0.05, 0) is 24.6 Å². The van der Waals surface area contributed by atoms with Gasteiger partial charge in [0.1, 0.15) is 10.7 Å². The van der Waals surface area contributed by atoms with Crippen LogP contribution >= 0.6 is 11.6 Å². The fourth-order valence-corrected chi connectivity index (χ4v) is 2.46. The van der Waals surface area contributed by atoms with Crippen LogP contribution in [0.2, 0.25) is 5.02 Å². The minimum absolute atomic E-state index is 0.0831. The average molecular weight is 294 g/mol. The molecule has 7 heteroatoms. The number of amides is 1. The first-order valence-electron chi connectivity index (χ1n) is 5.29. The minimum atomic E-state index is -4.20. The average Bonchev–Trinajstić information content (AvgIpc) is 2.26. The van der Waals surface area contributed by atoms with E-state index >= 15 is 0 Å². The quantitative estimate of drug-likeness (QED) is 0.927. The first kappa shape index (κ1) is 14.9. The van der Waals surface area contributed by atoms with Crippen LogP contribution < -0.4 is 4.72 Å². The predicted molar refractivity (Wildman–Crippen MR) is 66.2 cm³/mol. The standard InChI is InChI=1S/C11H13ClFNO3S/c1-3-7(2)11(15)14-18(16,17)10-5-4-8(12)6-9(10)13/h4-7H,3H2,1-2H3,(H,14,15)/t7-/m0/s1. The van der Waals surface area contributed by atoms with Crippen LogP contribution in [-0.4, -0.2) is 14.3 Å². The first-order valence-corrected chi connectivity index (χ1v) is 7.15. The Morgan fingerprint density at radius 2 is 2.11 bits per heavy atom. The van der Waals surface area contributed by atoms with Gasteiger partial charge in [-0.2, -0.15) is 0 Å². The van der Waals surface area contributed by atoms with E-state index in [2.05, 4.69) is 0 Å². The summed E-state index contributed by atoms with van der Waals surface area (Å²) in [5, 5.41) is 0.0831. The maximum atomic E-state index is 13.5. The molecule has 0 bridgehead atoms. The summed E-state index contributed by atoms with van der Waals surface area (Å²) < 4.78 is 38.9. The van der Waals surface area contributed by atoms with Crippen LogP contribution in [0.15, 0.2) is 23.1 Å². The summed E-state index contributed by atoms with van der Waals surface area (Å²) in [6.07, 6.45) is 0.491. The van der Waals surface area contributed by atoms with E-state index in [1.165, 1.54) is 6.07 Å². The van der Waals surface area contributed by atoms with Crippen LogP contribution in [0, 0.1) is 11.7 Å². The number of nitrogens with one attached hydrogen (secondary N) is 1. The van der Waals surface area contributed by atoms with Crippen molar-refractivity contribution in [2.45, 2.75) is 25.2 Å². The molecule has 1 aromatic rings. The molecule has 0 aromatic heterocycles. The van der Waals surface area contributed by atoms with Crippen molar-refractivity contribution in [1.82, 2.24) is 4.72 Å². The van der Waals surface area contributed by atoms with Crippen molar-refractivity contribution in [3.63, 3.8) is 0 Å². The normalized spacial score (nSPS) is 13.1. The van der Waals surface area contributed by atoms with Gasteiger partial charge in [-0.25, -0.2) is 17.5 Å². The van der Waals surface area contributed by atoms with E-state index in [4.69, 9.17) is 11.6 Å². The van der Waals surface area contributed by atoms with Gasteiger partial charge >= 0.3 is 0 Å². The topological polar surface area (TPSA) is 63.2 Å². The molecular formula is C11H13ClFNO3S. The van der Waals surface area contributed by atoms with E-state index in [-0.39, 0.29) is 5.02 Å². The van der Waals surface area contributed by atoms with Crippen molar-refractivity contribution in [3.8, 4) is 0 Å². The van der Waals surface area contributed by atoms with Gasteiger partial charge in [0, 0.05) is 10.9 Å². The van der Waals surface area contributed by atoms with E-state index in [1.807, 2.05) is 4.72 Å². The van der Waals surface area contributed by atoms with Crippen molar-refractivity contribution in [1.29, 1.82) is 0 Å². The van der Waals surface area contributed by atoms with E-state index in [1.54, 1.807) is 13.8 Å². The van der Waals surface area contributed by atoms with E-state index in [9.17, 15) is 17.6 Å². The van der Waals surface area contributed by atoms with Gasteiger partial charge < -0.3 is 0 Å². The van der Waals surface area contributed by atoms with Crippen molar-refractivity contribution >= 4 is 27.5 Å². The maximum Gasteiger partial charge on any atom is 0.266 e. The lowest BCUT2D eigenvalue weighted by atomic mass is 10.1. The molecule has 4 nitrogen and oxygen atoms in total. The zero-order valence-corrected chi connectivity index (χ0v) is 11.5. The molecule has 0 aliphatic carbocycles. The Balaban J connectivity index is 3.04. The summed E-state index contributed by atoms with van der Waals surface area (Å²) >= 11 is 5.52. The number of benzene rings is 1. The molecule has 0 saturated heterocycles. The Morgan fingerprint density at radius 3 is 2.61 bits per heavy atom. The van der Waals surface area contributed by atoms with E-state index in [0.717, 1.165) is 12.1 Å². The van der Waals surface area contributed by atoms with Gasteiger partial charge in [0.25, 0.3) is 10.0 Å². The predicted octanol–water partition coefficient (Wildman–Crippen LogP) is 2.33. The third-order valence-electron chi connectivity index (χ3n) is 2.48. The van der Waals surface area contributed by atoms with Crippen LogP contribution in [0.5, 0.6) is 0 Å². The number of hydrogen-bond donors (Lipinski definition) is 1. The highest BCUT2D eigenvalue weighted by molar-refractivity contribution is 7.90. The zero-order chi connectivity index (χ0) is 13.9. The summed E-state index contributed by atoms with van der Waals surface area (Å²) in [7, 11) is -4.20. The molecule has 0 aliphatic rings. The zero-order valence-electron chi connectivity index (χ0n) is 9.91. The number of rotatable bonds is 4. The monoisotopic (exact) mass is 293 g/mol. The molecule has 1 N–H and O–H groups in total. The van der Waals surface area contributed by atoms with Gasteiger partial charge in [0.15, 0.2) is 0 Å². The largest absolute Gasteiger partial charge is 0.274 e. The molecule has 0 unspecified atom stereocenters. The fourth-order valence-electron chi connectivity index (χ4n) is 1.17. The molecule has 1 aromatic carbocycles. The Bertz CT molecular complexity index is 559. The SMILES string of the molecule is CC[C@H](C)C(=O)NS(=O)(=O)c1ccc(Cl)cc1F. The van der Waals surface area contributed by atoms with E-state index in [0.29, 0.717) is 6.42 Å². The fraction of sp³-hybridized carbons (Fsp3) is 0.364. The Morgan fingerprint density at radius 1 is 1.50 bits per heavy atom. The Hall–Kier alpha value is -1.14. The molecule has 0 aliphatic heterocycles. The summed E-state index contributed by atoms with van der Waals surface area (Å²) in [4.78, 5) is 10.9. The Kier molecular flexibility index (Phi) is 4.70. The molecular weight excluding hydrogens is 281 g/mol. The number of sulfonamides is 1. The molecule has 0 spiro atoms. The van der Waals surface area contributed by atoms with Crippen LogP contribution in [0.1, 0.15) is 20.3 Å².